The molecule has 0 atom stereocenters. The molecule has 1 aliphatic heterocycles. The number of esters is 2. The number of piperazine rings is 1. The molecule has 11 heteroatoms. The highest BCUT2D eigenvalue weighted by atomic mass is 19.4. The minimum Gasteiger partial charge on any atom is -0.466 e. The van der Waals surface area contributed by atoms with E-state index < -0.39 is 23.7 Å². The van der Waals surface area contributed by atoms with Crippen molar-refractivity contribution in [3.8, 4) is 0 Å². The van der Waals surface area contributed by atoms with E-state index in [0.717, 1.165) is 26.4 Å². The molecule has 1 heterocycles. The lowest BCUT2D eigenvalue weighted by Gasteiger charge is -2.36. The summed E-state index contributed by atoms with van der Waals surface area (Å²) < 4.78 is 50.1. The van der Waals surface area contributed by atoms with Crippen molar-refractivity contribution in [3.63, 3.8) is 0 Å². The summed E-state index contributed by atoms with van der Waals surface area (Å²) in [4.78, 5) is 37.8. The fourth-order valence-corrected chi connectivity index (χ4v) is 2.97. The van der Waals surface area contributed by atoms with Crippen LogP contribution < -0.4 is 10.2 Å². The van der Waals surface area contributed by atoms with Gasteiger partial charge in [-0.1, -0.05) is 0 Å². The number of rotatable bonds is 5. The molecule has 30 heavy (non-hydrogen) atoms. The second-order valence-corrected chi connectivity index (χ2v) is 6.42. The molecule has 1 saturated heterocycles. The van der Waals surface area contributed by atoms with Crippen LogP contribution >= 0.6 is 0 Å². The number of ether oxygens (including phenoxy) is 2. The van der Waals surface area contributed by atoms with E-state index in [9.17, 15) is 27.6 Å². The monoisotopic (exact) mass is 429 g/mol. The second kappa shape index (κ2) is 9.51. The number of hydrogen-bond donors (Lipinski definition) is 1. The standard InChI is InChI=1S/C19H22F3N3O5/c1-12(26)24-6-8-25(9-7-24)16-5-4-13(10-14(16)19(20,21)22)23-15(18(28)30-3)11-17(27)29-2/h4-5,10-11,23H,6-9H2,1-3H3/b15-11+. The third kappa shape index (κ3) is 5.65. The van der Waals surface area contributed by atoms with E-state index >= 15 is 0 Å². The number of anilines is 2. The molecule has 0 aromatic heterocycles. The van der Waals surface area contributed by atoms with Gasteiger partial charge in [-0.05, 0) is 18.2 Å². The molecule has 1 amide bonds. The molecule has 0 bridgehead atoms. The van der Waals surface area contributed by atoms with Gasteiger partial charge in [-0.2, -0.15) is 13.2 Å². The maximum atomic E-state index is 13.7. The molecule has 164 valence electrons. The summed E-state index contributed by atoms with van der Waals surface area (Å²) in [5.41, 5.74) is -1.38. The van der Waals surface area contributed by atoms with Crippen molar-refractivity contribution in [1.29, 1.82) is 0 Å². The van der Waals surface area contributed by atoms with E-state index in [0.29, 0.717) is 13.1 Å². The lowest BCUT2D eigenvalue weighted by molar-refractivity contribution is -0.138. The molecule has 0 spiro atoms. The molecule has 1 aliphatic rings. The molecule has 0 radical (unpaired) electrons. The Morgan fingerprint density at radius 2 is 1.70 bits per heavy atom. The van der Waals surface area contributed by atoms with Crippen LogP contribution in [0.5, 0.6) is 0 Å². The van der Waals surface area contributed by atoms with Gasteiger partial charge in [0.05, 0.1) is 25.9 Å². The van der Waals surface area contributed by atoms with Gasteiger partial charge in [0.1, 0.15) is 5.70 Å². The van der Waals surface area contributed by atoms with Gasteiger partial charge in [-0.3, -0.25) is 4.79 Å². The smallest absolute Gasteiger partial charge is 0.418 e. The van der Waals surface area contributed by atoms with Crippen LogP contribution in [0.3, 0.4) is 0 Å². The summed E-state index contributed by atoms with van der Waals surface area (Å²) in [5, 5.41) is 2.47. The minimum atomic E-state index is -4.66. The van der Waals surface area contributed by atoms with Gasteiger partial charge in [0, 0.05) is 44.5 Å². The molecule has 1 aromatic carbocycles. The number of alkyl halides is 3. The Kier molecular flexibility index (Phi) is 7.30. The van der Waals surface area contributed by atoms with E-state index in [-0.39, 0.29) is 36.1 Å². The normalized spacial score (nSPS) is 14.9. The number of nitrogens with zero attached hydrogens (tertiary/aromatic N) is 2. The predicted molar refractivity (Wildman–Crippen MR) is 102 cm³/mol. The first kappa shape index (κ1) is 23.0. The molecule has 0 aliphatic carbocycles. The van der Waals surface area contributed by atoms with Crippen LogP contribution in [0.4, 0.5) is 24.5 Å². The lowest BCUT2D eigenvalue weighted by Crippen LogP contribution is -2.48. The Balaban J connectivity index is 2.34. The van der Waals surface area contributed by atoms with E-state index in [4.69, 9.17) is 0 Å². The van der Waals surface area contributed by atoms with Crippen molar-refractivity contribution in [2.75, 3.05) is 50.6 Å². The predicted octanol–water partition coefficient (Wildman–Crippen LogP) is 2.02. The van der Waals surface area contributed by atoms with Crippen molar-refractivity contribution in [1.82, 2.24) is 4.90 Å². The Morgan fingerprint density at radius 1 is 1.07 bits per heavy atom. The van der Waals surface area contributed by atoms with Crippen molar-refractivity contribution in [2.45, 2.75) is 13.1 Å². The topological polar surface area (TPSA) is 88.2 Å². The van der Waals surface area contributed by atoms with Crippen LogP contribution in [0.1, 0.15) is 12.5 Å². The first-order valence-electron chi connectivity index (χ1n) is 8.93. The molecule has 0 saturated carbocycles. The van der Waals surface area contributed by atoms with Gasteiger partial charge in [-0.25, -0.2) is 9.59 Å². The van der Waals surface area contributed by atoms with Crippen LogP contribution in [0.25, 0.3) is 0 Å². The third-order valence-electron chi connectivity index (χ3n) is 4.52. The summed E-state index contributed by atoms with van der Waals surface area (Å²) in [6.07, 6.45) is -3.88. The fraction of sp³-hybridized carbons (Fsp3) is 0.421. The maximum absolute atomic E-state index is 13.7. The average Bonchev–Trinajstić information content (AvgIpc) is 2.71. The number of amides is 1. The first-order chi connectivity index (χ1) is 14.1. The molecule has 1 fully saturated rings. The number of carbonyl (C=O) groups excluding carboxylic acids is 3. The molecule has 1 aromatic rings. The van der Waals surface area contributed by atoms with E-state index in [2.05, 4.69) is 14.8 Å². The van der Waals surface area contributed by atoms with Crippen LogP contribution in [0, 0.1) is 0 Å². The lowest BCUT2D eigenvalue weighted by atomic mass is 10.1. The molecular formula is C19H22F3N3O5. The third-order valence-corrected chi connectivity index (χ3v) is 4.52. The van der Waals surface area contributed by atoms with E-state index in [1.165, 1.54) is 19.1 Å². The quantitative estimate of drug-likeness (QED) is 0.566. The molecule has 2 rings (SSSR count). The Labute approximate surface area is 171 Å². The highest BCUT2D eigenvalue weighted by molar-refractivity contribution is 5.98. The minimum absolute atomic E-state index is 0.0344. The van der Waals surface area contributed by atoms with Crippen molar-refractivity contribution >= 4 is 29.2 Å². The molecule has 0 unspecified atom stereocenters. The second-order valence-electron chi connectivity index (χ2n) is 6.42. The largest absolute Gasteiger partial charge is 0.466 e. The zero-order chi connectivity index (χ0) is 22.5. The number of methoxy groups -OCH3 is 2. The number of carbonyl (C=O) groups is 3. The summed E-state index contributed by atoms with van der Waals surface area (Å²) in [7, 11) is 2.16. The van der Waals surface area contributed by atoms with Crippen LogP contribution in [-0.2, 0) is 30.0 Å². The van der Waals surface area contributed by atoms with E-state index in [1.54, 1.807) is 9.80 Å². The van der Waals surface area contributed by atoms with E-state index in [1.807, 2.05) is 0 Å². The summed E-state index contributed by atoms with van der Waals surface area (Å²) in [5.74, 6) is -1.95. The molecule has 1 N–H and O–H groups in total. The SMILES string of the molecule is COC(=O)/C=C(/Nc1ccc(N2CCN(C(C)=O)CC2)c(C(F)(F)F)c1)C(=O)OC. The summed E-state index contributed by atoms with van der Waals surface area (Å²) in [6.45, 7) is 2.57. The zero-order valence-electron chi connectivity index (χ0n) is 16.7. The van der Waals surface area contributed by atoms with Gasteiger partial charge in [0.2, 0.25) is 5.91 Å². The highest BCUT2D eigenvalue weighted by Gasteiger charge is 2.36. The fourth-order valence-electron chi connectivity index (χ4n) is 2.97. The van der Waals surface area contributed by atoms with Crippen molar-refractivity contribution in [2.24, 2.45) is 0 Å². The van der Waals surface area contributed by atoms with Crippen LogP contribution in [0.15, 0.2) is 30.0 Å². The maximum Gasteiger partial charge on any atom is 0.418 e. The number of benzene rings is 1. The van der Waals surface area contributed by atoms with Gasteiger partial charge in [-0.15, -0.1) is 0 Å². The van der Waals surface area contributed by atoms with Gasteiger partial charge < -0.3 is 24.6 Å². The zero-order valence-corrected chi connectivity index (χ0v) is 16.7. The average molecular weight is 429 g/mol. The summed E-state index contributed by atoms with van der Waals surface area (Å²) >= 11 is 0. The summed E-state index contributed by atoms with van der Waals surface area (Å²) in [6, 6.07) is 3.48. The van der Waals surface area contributed by atoms with Crippen molar-refractivity contribution in [3.05, 3.63) is 35.5 Å². The van der Waals surface area contributed by atoms with Gasteiger partial charge >= 0.3 is 18.1 Å². The number of halogens is 3. The van der Waals surface area contributed by atoms with Gasteiger partial charge in [0.25, 0.3) is 0 Å². The number of nitrogens with one attached hydrogen (secondary N) is 1. The first-order valence-corrected chi connectivity index (χ1v) is 8.93. The van der Waals surface area contributed by atoms with Crippen LogP contribution in [0.2, 0.25) is 0 Å². The highest BCUT2D eigenvalue weighted by Crippen LogP contribution is 2.39. The molecule has 8 nitrogen and oxygen atoms in total. The Morgan fingerprint density at radius 3 is 2.20 bits per heavy atom. The molecular weight excluding hydrogens is 407 g/mol. The van der Waals surface area contributed by atoms with Crippen LogP contribution in [-0.4, -0.2) is 63.1 Å². The van der Waals surface area contributed by atoms with Gasteiger partial charge in [0.15, 0.2) is 0 Å². The Bertz CT molecular complexity index is 846. The number of hydrogen-bond acceptors (Lipinski definition) is 7. The van der Waals surface area contributed by atoms with Crippen molar-refractivity contribution < 1.29 is 37.0 Å². The Hall–Kier alpha value is -3.24.